The summed E-state index contributed by atoms with van der Waals surface area (Å²) < 4.78 is 5.81. The number of likely N-dealkylation sites (tertiary alicyclic amines) is 1. The highest BCUT2D eigenvalue weighted by Gasteiger charge is 2.53. The molecule has 1 aliphatic heterocycles. The van der Waals surface area contributed by atoms with Gasteiger partial charge in [-0.15, -0.1) is 0 Å². The topological polar surface area (TPSA) is 29.5 Å². The fourth-order valence-electron chi connectivity index (χ4n) is 7.11. The zero-order valence-corrected chi connectivity index (χ0v) is 25.5. The van der Waals surface area contributed by atoms with E-state index in [0.29, 0.717) is 12.5 Å². The Hall–Kier alpha value is -2.91. The number of rotatable bonds is 14. The van der Waals surface area contributed by atoms with Crippen molar-refractivity contribution in [2.75, 3.05) is 13.6 Å². The van der Waals surface area contributed by atoms with E-state index in [1.807, 2.05) is 18.2 Å². The van der Waals surface area contributed by atoms with Crippen LogP contribution in [-0.4, -0.2) is 30.5 Å². The summed E-state index contributed by atoms with van der Waals surface area (Å²) >= 11 is 0. The van der Waals surface area contributed by atoms with Crippen LogP contribution in [0.1, 0.15) is 95.1 Å². The number of carbonyl (C=O) groups is 1. The van der Waals surface area contributed by atoms with Crippen molar-refractivity contribution in [3.63, 3.8) is 0 Å². The second-order valence-corrected chi connectivity index (χ2v) is 11.9. The smallest absolute Gasteiger partial charge is 0.315 e. The third-order valence-corrected chi connectivity index (χ3v) is 9.20. The highest BCUT2D eigenvalue weighted by atomic mass is 16.5. The first kappa shape index (κ1) is 31.0. The molecular formula is C38H51NO2. The van der Waals surface area contributed by atoms with Crippen LogP contribution >= 0.6 is 0 Å². The summed E-state index contributed by atoms with van der Waals surface area (Å²) in [6, 6.07) is 7.12. The van der Waals surface area contributed by atoms with Gasteiger partial charge in [0, 0.05) is 11.5 Å². The van der Waals surface area contributed by atoms with Crippen LogP contribution in [0.25, 0.3) is 0 Å². The maximum atomic E-state index is 12.6. The van der Waals surface area contributed by atoms with Crippen LogP contribution in [0.4, 0.5) is 0 Å². The quantitative estimate of drug-likeness (QED) is 0.131. The van der Waals surface area contributed by atoms with Crippen molar-refractivity contribution in [3.8, 4) is 5.75 Å². The maximum Gasteiger partial charge on any atom is 0.315 e. The summed E-state index contributed by atoms with van der Waals surface area (Å²) in [6.45, 7) is 3.33. The van der Waals surface area contributed by atoms with Gasteiger partial charge in [0.2, 0.25) is 0 Å². The largest absolute Gasteiger partial charge is 0.426 e. The van der Waals surface area contributed by atoms with Gasteiger partial charge in [0.1, 0.15) is 5.75 Å². The zero-order chi connectivity index (χ0) is 28.8. The van der Waals surface area contributed by atoms with Crippen LogP contribution in [0, 0.1) is 5.92 Å². The Morgan fingerprint density at radius 1 is 0.854 bits per heavy atom. The number of allylic oxidation sites excluding steroid dienone is 11. The Morgan fingerprint density at radius 2 is 1.46 bits per heavy atom. The van der Waals surface area contributed by atoms with Crippen molar-refractivity contribution in [1.82, 2.24) is 4.90 Å². The second kappa shape index (κ2) is 16.5. The number of hydrogen-bond acceptors (Lipinski definition) is 3. The van der Waals surface area contributed by atoms with Crippen LogP contribution < -0.4 is 4.74 Å². The van der Waals surface area contributed by atoms with Crippen LogP contribution in [0.5, 0.6) is 5.75 Å². The molecule has 1 aromatic rings. The lowest BCUT2D eigenvalue weighted by atomic mass is 9.52. The summed E-state index contributed by atoms with van der Waals surface area (Å²) in [7, 11) is 2.31. The minimum Gasteiger partial charge on any atom is -0.426 e. The number of ether oxygens (including phenoxy) is 1. The molecule has 0 radical (unpaired) electrons. The van der Waals surface area contributed by atoms with E-state index in [9.17, 15) is 4.79 Å². The molecule has 2 bridgehead atoms. The van der Waals surface area contributed by atoms with Crippen molar-refractivity contribution in [3.05, 3.63) is 102 Å². The first-order valence-electron chi connectivity index (χ1n) is 16.1. The lowest BCUT2D eigenvalue weighted by Crippen LogP contribution is -2.59. The SMILES string of the molecule is CCC=CCC=CCC=CCC=CCC=CCC=CCC(=O)Oc1ccc2c(c1)[C@]13CCCC[C@@H]1[C@H](C2)N(C)CC3. The van der Waals surface area contributed by atoms with E-state index in [2.05, 4.69) is 91.8 Å². The van der Waals surface area contributed by atoms with Crippen molar-refractivity contribution < 1.29 is 9.53 Å². The van der Waals surface area contributed by atoms with Crippen molar-refractivity contribution in [1.29, 1.82) is 0 Å². The number of carbonyl (C=O) groups excluding carboxylic acids is 1. The molecule has 220 valence electrons. The Labute approximate surface area is 249 Å². The van der Waals surface area contributed by atoms with Crippen LogP contribution in [0.2, 0.25) is 0 Å². The van der Waals surface area contributed by atoms with E-state index in [-0.39, 0.29) is 11.4 Å². The molecule has 0 amide bonds. The molecule has 0 aromatic heterocycles. The van der Waals surface area contributed by atoms with Gasteiger partial charge in [-0.2, -0.15) is 0 Å². The average Bonchev–Trinajstić information content (AvgIpc) is 2.98. The average molecular weight is 554 g/mol. The molecule has 0 N–H and O–H groups in total. The molecule has 0 spiro atoms. The second-order valence-electron chi connectivity index (χ2n) is 11.9. The monoisotopic (exact) mass is 553 g/mol. The molecule has 3 nitrogen and oxygen atoms in total. The summed E-state index contributed by atoms with van der Waals surface area (Å²) in [5.41, 5.74) is 3.23. The molecule has 2 fully saturated rings. The summed E-state index contributed by atoms with van der Waals surface area (Å²) in [6.07, 6.45) is 39.8. The normalized spacial score (nSPS) is 24.8. The summed E-state index contributed by atoms with van der Waals surface area (Å²) in [4.78, 5) is 15.2. The molecule has 3 atom stereocenters. The third kappa shape index (κ3) is 8.79. The van der Waals surface area contributed by atoms with Crippen LogP contribution in [0.3, 0.4) is 0 Å². The van der Waals surface area contributed by atoms with Gasteiger partial charge in [-0.05, 0) is 107 Å². The Balaban J connectivity index is 1.14. The van der Waals surface area contributed by atoms with Gasteiger partial charge >= 0.3 is 5.97 Å². The molecule has 3 aliphatic rings. The zero-order valence-electron chi connectivity index (χ0n) is 25.5. The van der Waals surface area contributed by atoms with Gasteiger partial charge in [-0.25, -0.2) is 0 Å². The first-order chi connectivity index (χ1) is 20.1. The highest BCUT2D eigenvalue weighted by molar-refractivity contribution is 5.74. The van der Waals surface area contributed by atoms with Gasteiger partial charge in [0.25, 0.3) is 0 Å². The number of hydrogen-bond donors (Lipinski definition) is 0. The van der Waals surface area contributed by atoms with Gasteiger partial charge in [0.15, 0.2) is 0 Å². The number of nitrogens with zero attached hydrogens (tertiary/aromatic N) is 1. The first-order valence-corrected chi connectivity index (χ1v) is 16.1. The van der Waals surface area contributed by atoms with E-state index in [4.69, 9.17) is 4.74 Å². The Bertz CT molecular complexity index is 1150. The Morgan fingerprint density at radius 3 is 2.10 bits per heavy atom. The molecule has 1 heterocycles. The fourth-order valence-corrected chi connectivity index (χ4v) is 7.11. The van der Waals surface area contributed by atoms with Gasteiger partial charge in [-0.3, -0.25) is 4.79 Å². The predicted octanol–water partition coefficient (Wildman–Crippen LogP) is 9.37. The van der Waals surface area contributed by atoms with E-state index in [1.54, 1.807) is 0 Å². The molecule has 2 aliphatic carbocycles. The molecule has 1 saturated carbocycles. The number of fused-ring (bicyclic) bond motifs is 1. The van der Waals surface area contributed by atoms with E-state index in [1.165, 1.54) is 49.8 Å². The minimum absolute atomic E-state index is 0.181. The minimum atomic E-state index is -0.181. The number of piperidine rings is 1. The van der Waals surface area contributed by atoms with Crippen LogP contribution in [0.15, 0.2) is 91.1 Å². The van der Waals surface area contributed by atoms with E-state index < -0.39 is 0 Å². The van der Waals surface area contributed by atoms with E-state index >= 15 is 0 Å². The number of benzene rings is 1. The molecule has 4 rings (SSSR count). The highest BCUT2D eigenvalue weighted by Crippen LogP contribution is 2.55. The molecule has 41 heavy (non-hydrogen) atoms. The Kier molecular flexibility index (Phi) is 12.5. The van der Waals surface area contributed by atoms with Gasteiger partial charge < -0.3 is 9.64 Å². The van der Waals surface area contributed by atoms with Crippen molar-refractivity contribution in [2.45, 2.75) is 102 Å². The van der Waals surface area contributed by atoms with Crippen molar-refractivity contribution >= 4 is 5.97 Å². The van der Waals surface area contributed by atoms with Gasteiger partial charge in [0.05, 0.1) is 6.42 Å². The maximum absolute atomic E-state index is 12.6. The van der Waals surface area contributed by atoms with E-state index in [0.717, 1.165) is 56.6 Å². The number of likely N-dealkylation sites (N-methyl/N-ethyl adjacent to an activating group) is 1. The van der Waals surface area contributed by atoms with Gasteiger partial charge in [-0.1, -0.05) is 98.7 Å². The molecule has 0 unspecified atom stereocenters. The fraction of sp³-hybridized carbons (Fsp3) is 0.500. The molecule has 1 saturated heterocycles. The number of esters is 1. The molecule has 1 aromatic carbocycles. The lowest BCUT2D eigenvalue weighted by molar-refractivity contribution is -0.133. The third-order valence-electron chi connectivity index (χ3n) is 9.20. The molecular weight excluding hydrogens is 502 g/mol. The standard InChI is InChI=1S/C38H51NO2/c1-3-4-5-6-7-8-9-10-11-12-13-14-15-16-17-18-19-20-24-37(40)41-33-26-25-32-30-36-34-23-21-22-27-38(34,35(32)31-33)28-29-39(36)2/h4-5,7-8,10-11,13-14,16-17,19-20,25-26,31,34,36H,3,6,9,12,15,18,21-24,27-30H2,1-2H3/t34-,36+,38+/m1/s1. The molecule has 3 heteroatoms. The predicted molar refractivity (Wildman–Crippen MR) is 173 cm³/mol. The lowest BCUT2D eigenvalue weighted by Gasteiger charge is -2.58. The summed E-state index contributed by atoms with van der Waals surface area (Å²) in [5, 5.41) is 0. The van der Waals surface area contributed by atoms with Crippen LogP contribution in [-0.2, 0) is 16.6 Å². The summed E-state index contributed by atoms with van der Waals surface area (Å²) in [5.74, 6) is 1.28. The van der Waals surface area contributed by atoms with Crippen molar-refractivity contribution in [2.24, 2.45) is 5.92 Å².